The van der Waals surface area contributed by atoms with E-state index in [0.717, 1.165) is 43.4 Å². The number of H-pyrrole nitrogens is 1. The lowest BCUT2D eigenvalue weighted by molar-refractivity contribution is -0.128. The summed E-state index contributed by atoms with van der Waals surface area (Å²) in [5.41, 5.74) is 5.55. The molecule has 2 atom stereocenters. The summed E-state index contributed by atoms with van der Waals surface area (Å²) in [6.45, 7) is 7.54. The number of nitrogens with one attached hydrogen (secondary N) is 1. The van der Waals surface area contributed by atoms with Gasteiger partial charge in [0.05, 0.1) is 70.0 Å². The molecule has 1 N–H and O–H groups in total. The Morgan fingerprint density at radius 1 is 0.655 bits per heavy atom. The van der Waals surface area contributed by atoms with Crippen molar-refractivity contribution in [3.8, 4) is 22.8 Å². The first-order valence-corrected chi connectivity index (χ1v) is 19.7. The van der Waals surface area contributed by atoms with Crippen molar-refractivity contribution in [2.45, 2.75) is 45.6 Å². The van der Waals surface area contributed by atoms with Gasteiger partial charge in [-0.3, -0.25) is 29.1 Å². The average molecular weight is 793 g/mol. The number of carbonyl (C=O) groups excluding carboxylic acids is 4. The van der Waals surface area contributed by atoms with E-state index in [1.807, 2.05) is 25.4 Å². The van der Waals surface area contributed by atoms with E-state index in [4.69, 9.17) is 28.4 Å². The number of fused-ring (bicyclic) bond motifs is 4. The maximum atomic E-state index is 13.2. The second-order valence-corrected chi connectivity index (χ2v) is 14.4. The number of pyridine rings is 2. The van der Waals surface area contributed by atoms with Gasteiger partial charge in [0.25, 0.3) is 11.8 Å². The number of benzene rings is 2. The van der Waals surface area contributed by atoms with Crippen molar-refractivity contribution in [3.63, 3.8) is 0 Å². The normalized spacial score (nSPS) is 17.2. The highest BCUT2D eigenvalue weighted by atomic mass is 16.6. The smallest absolute Gasteiger partial charge is 0.262 e. The molecule has 2 amide bonds. The predicted molar refractivity (Wildman–Crippen MR) is 214 cm³/mol. The van der Waals surface area contributed by atoms with Gasteiger partial charge in [-0.15, -0.1) is 0 Å². The SMILES string of the molecule is Cc1cc(-c2ccc3c(c2)[nH]c2ccncc23)cnc1OCCOCCOCCOCCOCCOc1ccc2c(c1)C(=O)N(C1CCC(=O)C(C)CCC1=O)C2=O. The fourth-order valence-electron chi connectivity index (χ4n) is 7.23. The monoisotopic (exact) mass is 792 g/mol. The predicted octanol–water partition coefficient (Wildman–Crippen LogP) is 5.92. The summed E-state index contributed by atoms with van der Waals surface area (Å²) in [5, 5.41) is 2.24. The molecular weight excluding hydrogens is 745 g/mol. The van der Waals surface area contributed by atoms with E-state index in [0.29, 0.717) is 77.5 Å². The molecule has 1 aliphatic heterocycles. The maximum absolute atomic E-state index is 13.2. The number of carbonyl (C=O) groups is 4. The highest BCUT2D eigenvalue weighted by molar-refractivity contribution is 6.23. The van der Waals surface area contributed by atoms with Crippen LogP contribution in [0.2, 0.25) is 0 Å². The molecule has 0 radical (unpaired) electrons. The van der Waals surface area contributed by atoms with Crippen LogP contribution < -0.4 is 9.47 Å². The van der Waals surface area contributed by atoms with E-state index >= 15 is 0 Å². The van der Waals surface area contributed by atoms with Crippen molar-refractivity contribution >= 4 is 45.2 Å². The molecule has 7 rings (SSSR count). The number of imide groups is 1. The summed E-state index contributed by atoms with van der Waals surface area (Å²) in [7, 11) is 0. The topological polar surface area (TPSA) is 168 Å². The van der Waals surface area contributed by atoms with Crippen molar-refractivity contribution in [2.75, 3.05) is 66.1 Å². The minimum atomic E-state index is -0.932. The highest BCUT2D eigenvalue weighted by Crippen LogP contribution is 2.33. The molecule has 2 aromatic carbocycles. The number of aromatic amines is 1. The quantitative estimate of drug-likeness (QED) is 0.0775. The average Bonchev–Trinajstić information content (AvgIpc) is 3.72. The lowest BCUT2D eigenvalue weighted by atomic mass is 9.88. The molecule has 0 bridgehead atoms. The molecule has 2 unspecified atom stereocenters. The molecule has 2 aliphatic rings. The van der Waals surface area contributed by atoms with Gasteiger partial charge in [-0.25, -0.2) is 4.98 Å². The molecular formula is C44H48N4O10. The molecule has 304 valence electrons. The Morgan fingerprint density at radius 2 is 1.33 bits per heavy atom. The Balaban J connectivity index is 0.704. The number of Topliss-reactive ketones (excluding diaryl/α,β-unsaturated/α-hetero) is 2. The summed E-state index contributed by atoms with van der Waals surface area (Å²) in [6, 6.07) is 14.1. The molecule has 14 nitrogen and oxygen atoms in total. The fourth-order valence-corrected chi connectivity index (χ4v) is 7.23. The van der Waals surface area contributed by atoms with Crippen molar-refractivity contribution < 1.29 is 47.6 Å². The minimum absolute atomic E-state index is 0.0476. The third-order valence-electron chi connectivity index (χ3n) is 10.5. The molecule has 0 saturated heterocycles. The number of rotatable bonds is 19. The summed E-state index contributed by atoms with van der Waals surface area (Å²) in [4.78, 5) is 64.8. The lowest BCUT2D eigenvalue weighted by Gasteiger charge is -2.27. The second-order valence-electron chi connectivity index (χ2n) is 14.4. The standard InChI is InChI=1S/C44H48N4O10/c1-28-3-9-41(50)39(8-10-40(28)49)48-43(51)34-7-5-32(25-35(34)44(48)52)57-21-19-55-17-15-53-13-14-54-16-18-56-20-22-58-42-29(2)23-31(26-46-42)30-4-6-33-36-27-45-12-11-37(36)47-38(33)24-30/h4-7,11-12,23-28,39,47H,3,8-10,13-22H2,1-2H3. The largest absolute Gasteiger partial charge is 0.491 e. The van der Waals surface area contributed by atoms with Crippen LogP contribution in [0.15, 0.2) is 67.1 Å². The maximum Gasteiger partial charge on any atom is 0.262 e. The minimum Gasteiger partial charge on any atom is -0.491 e. The summed E-state index contributed by atoms with van der Waals surface area (Å²) < 4.78 is 33.9. The van der Waals surface area contributed by atoms with Crippen LogP contribution in [0.25, 0.3) is 32.9 Å². The Morgan fingerprint density at radius 3 is 2.05 bits per heavy atom. The van der Waals surface area contributed by atoms with Crippen LogP contribution in [-0.4, -0.2) is 115 Å². The van der Waals surface area contributed by atoms with Gasteiger partial charge >= 0.3 is 0 Å². The number of hydrogen-bond acceptors (Lipinski definition) is 12. The van der Waals surface area contributed by atoms with Crippen molar-refractivity contribution in [2.24, 2.45) is 5.92 Å². The fraction of sp³-hybridized carbons (Fsp3) is 0.409. The van der Waals surface area contributed by atoms with Gasteiger partial charge in [0.1, 0.15) is 24.7 Å². The van der Waals surface area contributed by atoms with Gasteiger partial charge in [-0.2, -0.15) is 0 Å². The van der Waals surface area contributed by atoms with Crippen LogP contribution >= 0.6 is 0 Å². The first-order valence-electron chi connectivity index (χ1n) is 19.7. The first kappa shape index (κ1) is 40.6. The third-order valence-corrected chi connectivity index (χ3v) is 10.5. The molecule has 3 aromatic heterocycles. The van der Waals surface area contributed by atoms with Crippen LogP contribution in [0.4, 0.5) is 0 Å². The van der Waals surface area contributed by atoms with E-state index in [9.17, 15) is 19.2 Å². The van der Waals surface area contributed by atoms with Gasteiger partial charge in [-0.1, -0.05) is 19.1 Å². The van der Waals surface area contributed by atoms with Gasteiger partial charge in [-0.05, 0) is 61.7 Å². The number of aryl methyl sites for hydroxylation is 1. The van der Waals surface area contributed by atoms with Crippen LogP contribution in [0.5, 0.6) is 11.6 Å². The van der Waals surface area contributed by atoms with Gasteiger partial charge in [0.2, 0.25) is 5.88 Å². The molecule has 1 aliphatic carbocycles. The van der Waals surface area contributed by atoms with Crippen molar-refractivity contribution in [1.82, 2.24) is 19.9 Å². The Labute approximate surface area is 336 Å². The number of nitrogens with zero attached hydrogens (tertiary/aromatic N) is 3. The number of ketones is 2. The van der Waals surface area contributed by atoms with Crippen molar-refractivity contribution in [1.29, 1.82) is 0 Å². The molecule has 58 heavy (non-hydrogen) atoms. The molecule has 14 heteroatoms. The van der Waals surface area contributed by atoms with E-state index in [2.05, 4.69) is 39.2 Å². The zero-order valence-corrected chi connectivity index (χ0v) is 32.8. The Hall–Kier alpha value is -5.54. The summed E-state index contributed by atoms with van der Waals surface area (Å²) in [6.07, 6.45) is 6.38. The number of aromatic nitrogens is 3. The Bertz CT molecular complexity index is 2270. The lowest BCUT2D eigenvalue weighted by Crippen LogP contribution is -2.46. The number of amides is 2. The van der Waals surface area contributed by atoms with Gasteiger partial charge in [0.15, 0.2) is 5.78 Å². The van der Waals surface area contributed by atoms with E-state index in [1.54, 1.807) is 19.2 Å². The zero-order valence-electron chi connectivity index (χ0n) is 32.8. The number of hydrogen-bond donors (Lipinski definition) is 1. The summed E-state index contributed by atoms with van der Waals surface area (Å²) >= 11 is 0. The first-order chi connectivity index (χ1) is 28.3. The van der Waals surface area contributed by atoms with Gasteiger partial charge < -0.3 is 33.4 Å². The van der Waals surface area contributed by atoms with Crippen LogP contribution in [0.1, 0.15) is 58.9 Å². The third kappa shape index (κ3) is 9.59. The van der Waals surface area contributed by atoms with E-state index in [1.165, 1.54) is 12.1 Å². The summed E-state index contributed by atoms with van der Waals surface area (Å²) in [5.74, 6) is -0.407. The van der Waals surface area contributed by atoms with Crippen molar-refractivity contribution in [3.05, 3.63) is 83.8 Å². The van der Waals surface area contributed by atoms with E-state index < -0.39 is 17.9 Å². The molecule has 5 aromatic rings. The van der Waals surface area contributed by atoms with E-state index in [-0.39, 0.29) is 54.5 Å². The number of ether oxygens (including phenoxy) is 6. The van der Waals surface area contributed by atoms with Crippen LogP contribution in [0, 0.1) is 12.8 Å². The zero-order chi connectivity index (χ0) is 40.4. The second kappa shape index (κ2) is 19.3. The van der Waals surface area contributed by atoms with Crippen LogP contribution in [-0.2, 0) is 28.5 Å². The Kier molecular flexibility index (Phi) is 13.5. The van der Waals surface area contributed by atoms with Gasteiger partial charge in [0, 0.05) is 70.3 Å². The molecule has 4 heterocycles. The molecule has 1 saturated carbocycles. The highest BCUT2D eigenvalue weighted by Gasteiger charge is 2.43. The molecule has 1 fully saturated rings. The van der Waals surface area contributed by atoms with Crippen LogP contribution in [0.3, 0.4) is 0 Å². The molecule has 0 spiro atoms.